The molecule has 0 bridgehead atoms. The van der Waals surface area contributed by atoms with Crippen LogP contribution < -0.4 is 0 Å². The van der Waals surface area contributed by atoms with Gasteiger partial charge >= 0.3 is 0 Å². The Morgan fingerprint density at radius 3 is 2.44 bits per heavy atom. The van der Waals surface area contributed by atoms with Crippen LogP contribution >= 0.6 is 0 Å². The third-order valence-electron chi connectivity index (χ3n) is 4.79. The van der Waals surface area contributed by atoms with Gasteiger partial charge in [-0.15, -0.1) is 0 Å². The minimum absolute atomic E-state index is 0.413. The average molecular weight is 225 g/mol. The van der Waals surface area contributed by atoms with Crippen LogP contribution in [0.5, 0.6) is 0 Å². The molecule has 0 radical (unpaired) electrons. The number of aliphatic hydroxyl groups is 1. The number of rotatable bonds is 2. The Labute approximate surface area is 100 Å². The van der Waals surface area contributed by atoms with Crippen LogP contribution in [0.1, 0.15) is 52.9 Å². The average Bonchev–Trinajstić information content (AvgIpc) is 2.69. The lowest BCUT2D eigenvalue weighted by molar-refractivity contribution is -0.0716. The minimum atomic E-state index is -0.449. The highest BCUT2D eigenvalue weighted by Crippen LogP contribution is 2.39. The third-order valence-corrected chi connectivity index (χ3v) is 4.79. The maximum absolute atomic E-state index is 10.6. The predicted molar refractivity (Wildman–Crippen MR) is 67.4 cm³/mol. The molecule has 0 spiro atoms. The molecule has 1 aliphatic heterocycles. The zero-order chi connectivity index (χ0) is 11.8. The molecule has 1 aliphatic carbocycles. The van der Waals surface area contributed by atoms with Crippen LogP contribution in [-0.2, 0) is 0 Å². The van der Waals surface area contributed by atoms with E-state index in [0.29, 0.717) is 6.04 Å². The summed E-state index contributed by atoms with van der Waals surface area (Å²) >= 11 is 0. The summed E-state index contributed by atoms with van der Waals surface area (Å²) in [6.45, 7) is 9.10. The molecule has 1 heterocycles. The van der Waals surface area contributed by atoms with E-state index >= 15 is 0 Å². The van der Waals surface area contributed by atoms with E-state index in [2.05, 4.69) is 18.7 Å². The van der Waals surface area contributed by atoms with Gasteiger partial charge in [-0.1, -0.05) is 13.8 Å². The van der Waals surface area contributed by atoms with Crippen LogP contribution in [0.3, 0.4) is 0 Å². The van der Waals surface area contributed by atoms with E-state index in [1.807, 2.05) is 6.92 Å². The second kappa shape index (κ2) is 4.66. The van der Waals surface area contributed by atoms with Crippen LogP contribution in [0.4, 0.5) is 0 Å². The van der Waals surface area contributed by atoms with E-state index in [4.69, 9.17) is 0 Å². The van der Waals surface area contributed by atoms with Crippen molar-refractivity contribution in [3.8, 4) is 0 Å². The van der Waals surface area contributed by atoms with Crippen LogP contribution in [-0.4, -0.2) is 34.7 Å². The summed E-state index contributed by atoms with van der Waals surface area (Å²) in [4.78, 5) is 2.54. The van der Waals surface area contributed by atoms with Crippen molar-refractivity contribution in [3.05, 3.63) is 0 Å². The largest absolute Gasteiger partial charge is 0.389 e. The molecule has 1 saturated carbocycles. The molecule has 3 atom stereocenters. The second-order valence-corrected chi connectivity index (χ2v) is 6.39. The van der Waals surface area contributed by atoms with Crippen molar-refractivity contribution < 1.29 is 5.11 Å². The van der Waals surface area contributed by atoms with Crippen molar-refractivity contribution in [1.82, 2.24) is 4.90 Å². The summed E-state index contributed by atoms with van der Waals surface area (Å²) in [6, 6.07) is 0.413. The van der Waals surface area contributed by atoms with Gasteiger partial charge in [0.25, 0.3) is 0 Å². The molecule has 1 N–H and O–H groups in total. The van der Waals surface area contributed by atoms with Gasteiger partial charge < -0.3 is 5.11 Å². The summed E-state index contributed by atoms with van der Waals surface area (Å²) in [7, 11) is 0. The minimum Gasteiger partial charge on any atom is -0.389 e. The quantitative estimate of drug-likeness (QED) is 0.781. The van der Waals surface area contributed by atoms with Crippen molar-refractivity contribution in [2.24, 2.45) is 11.8 Å². The van der Waals surface area contributed by atoms with Gasteiger partial charge in [0, 0.05) is 6.04 Å². The summed E-state index contributed by atoms with van der Waals surface area (Å²) in [5.41, 5.74) is -0.449. The molecule has 16 heavy (non-hydrogen) atoms. The van der Waals surface area contributed by atoms with Crippen molar-refractivity contribution in [3.63, 3.8) is 0 Å². The molecule has 2 heteroatoms. The Kier molecular flexibility index (Phi) is 3.60. The van der Waals surface area contributed by atoms with E-state index in [0.717, 1.165) is 18.3 Å². The molecule has 2 fully saturated rings. The molecule has 0 aromatic heterocycles. The number of nitrogens with zero attached hydrogens (tertiary/aromatic N) is 1. The summed E-state index contributed by atoms with van der Waals surface area (Å²) in [6.07, 6.45) is 6.02. The molecule has 0 unspecified atom stereocenters. The fourth-order valence-corrected chi connectivity index (χ4v) is 3.50. The van der Waals surface area contributed by atoms with Crippen molar-refractivity contribution in [2.45, 2.75) is 64.5 Å². The van der Waals surface area contributed by atoms with E-state index in [9.17, 15) is 5.11 Å². The molecular formula is C14H27NO. The van der Waals surface area contributed by atoms with E-state index < -0.39 is 5.60 Å². The van der Waals surface area contributed by atoms with Gasteiger partial charge in [-0.2, -0.15) is 0 Å². The first-order valence-corrected chi connectivity index (χ1v) is 6.97. The molecule has 2 aliphatic rings. The highest BCUT2D eigenvalue weighted by Gasteiger charge is 2.42. The van der Waals surface area contributed by atoms with E-state index in [1.165, 1.54) is 38.8 Å². The number of hydrogen-bond acceptors (Lipinski definition) is 2. The monoisotopic (exact) mass is 225 g/mol. The molecule has 0 amide bonds. The first-order chi connectivity index (χ1) is 7.50. The van der Waals surface area contributed by atoms with Crippen LogP contribution in [0.2, 0.25) is 0 Å². The van der Waals surface area contributed by atoms with Gasteiger partial charge in [-0.3, -0.25) is 4.90 Å². The molecule has 0 aromatic rings. The van der Waals surface area contributed by atoms with Crippen molar-refractivity contribution >= 4 is 0 Å². The summed E-state index contributed by atoms with van der Waals surface area (Å²) < 4.78 is 0. The zero-order valence-corrected chi connectivity index (χ0v) is 11.1. The molecule has 2 rings (SSSR count). The maximum Gasteiger partial charge on any atom is 0.0774 e. The van der Waals surface area contributed by atoms with Gasteiger partial charge in [0.1, 0.15) is 0 Å². The summed E-state index contributed by atoms with van der Waals surface area (Å²) in [5.74, 6) is 1.58. The fourth-order valence-electron chi connectivity index (χ4n) is 3.50. The van der Waals surface area contributed by atoms with Crippen LogP contribution in [0, 0.1) is 11.8 Å². The fraction of sp³-hybridized carbons (Fsp3) is 1.00. The Morgan fingerprint density at radius 2 is 1.88 bits per heavy atom. The topological polar surface area (TPSA) is 23.5 Å². The first kappa shape index (κ1) is 12.4. The lowest BCUT2D eigenvalue weighted by Crippen LogP contribution is -2.54. The van der Waals surface area contributed by atoms with Gasteiger partial charge in [-0.25, -0.2) is 0 Å². The predicted octanol–water partition coefficient (Wildman–Crippen LogP) is 2.66. The second-order valence-electron chi connectivity index (χ2n) is 6.39. The zero-order valence-electron chi connectivity index (χ0n) is 11.1. The van der Waals surface area contributed by atoms with Gasteiger partial charge in [-0.05, 0) is 64.0 Å². The molecule has 2 nitrogen and oxygen atoms in total. The van der Waals surface area contributed by atoms with E-state index in [-0.39, 0.29) is 0 Å². The molecule has 1 saturated heterocycles. The lowest BCUT2D eigenvalue weighted by atomic mass is 9.72. The Bertz CT molecular complexity index is 231. The smallest absolute Gasteiger partial charge is 0.0774 e. The number of likely N-dealkylation sites (tertiary alicyclic amines) is 1. The Balaban J connectivity index is 2.05. The van der Waals surface area contributed by atoms with Crippen molar-refractivity contribution in [2.75, 3.05) is 13.1 Å². The molecule has 94 valence electrons. The Morgan fingerprint density at radius 1 is 1.25 bits per heavy atom. The molecule has 0 aromatic carbocycles. The Hall–Kier alpha value is -0.0800. The third kappa shape index (κ3) is 2.43. The van der Waals surface area contributed by atoms with Crippen LogP contribution in [0.25, 0.3) is 0 Å². The lowest BCUT2D eigenvalue weighted by Gasteiger charge is -2.46. The normalized spacial score (nSPS) is 41.8. The van der Waals surface area contributed by atoms with Gasteiger partial charge in [0.15, 0.2) is 0 Å². The standard InChI is InChI=1S/C14H27NO/c1-11(2)12-6-7-14(3,16)13(10-12)15-8-4-5-9-15/h11-13,16H,4-10H2,1-3H3/t12-,13+,14+/m1/s1. The van der Waals surface area contributed by atoms with Crippen molar-refractivity contribution in [1.29, 1.82) is 0 Å². The summed E-state index contributed by atoms with van der Waals surface area (Å²) in [5, 5.41) is 10.6. The maximum atomic E-state index is 10.6. The van der Waals surface area contributed by atoms with Crippen LogP contribution in [0.15, 0.2) is 0 Å². The van der Waals surface area contributed by atoms with Gasteiger partial charge in [0.05, 0.1) is 5.60 Å². The highest BCUT2D eigenvalue weighted by molar-refractivity contribution is 4.97. The first-order valence-electron chi connectivity index (χ1n) is 6.97. The SMILES string of the molecule is CC(C)[C@@H]1CC[C@](C)(O)[C@@H](N2CCCC2)C1. The molecular weight excluding hydrogens is 198 g/mol. The highest BCUT2D eigenvalue weighted by atomic mass is 16.3. The van der Waals surface area contributed by atoms with Gasteiger partial charge in [0.2, 0.25) is 0 Å². The van der Waals surface area contributed by atoms with E-state index in [1.54, 1.807) is 0 Å². The number of hydrogen-bond donors (Lipinski definition) is 1.